The Morgan fingerprint density at radius 1 is 0.895 bits per heavy atom. The van der Waals surface area contributed by atoms with Gasteiger partial charge < -0.3 is 14.7 Å². The molecule has 94 valence electrons. The first-order valence-corrected chi connectivity index (χ1v) is 5.38. The second kappa shape index (κ2) is 4.37. The minimum absolute atomic E-state index is 0.00180. The first-order valence-electron chi connectivity index (χ1n) is 5.38. The molecule has 1 aromatic carbocycles. The van der Waals surface area contributed by atoms with E-state index in [1.54, 1.807) is 18.5 Å². The first-order chi connectivity index (χ1) is 9.25. The first kappa shape index (κ1) is 11.1. The quantitative estimate of drug-likeness (QED) is 0.717. The highest BCUT2D eigenvalue weighted by molar-refractivity contribution is 5.70. The molecule has 2 aromatic heterocycles. The van der Waals surface area contributed by atoms with Gasteiger partial charge in [0.15, 0.2) is 0 Å². The lowest BCUT2D eigenvalue weighted by molar-refractivity contribution is 0.415. The standard InChI is InChI=1S/C12H8N4O3/c17-7-3-1-4-8(18)9(7)12-15-11(16-19-12)10-13-5-2-6-14-10/h1-6,17-18H. The van der Waals surface area contributed by atoms with Gasteiger partial charge in [0.05, 0.1) is 0 Å². The van der Waals surface area contributed by atoms with Gasteiger partial charge in [-0.25, -0.2) is 9.97 Å². The molecule has 3 aromatic rings. The van der Waals surface area contributed by atoms with Crippen molar-refractivity contribution in [1.29, 1.82) is 0 Å². The van der Waals surface area contributed by atoms with Gasteiger partial charge in [-0.15, -0.1) is 0 Å². The summed E-state index contributed by atoms with van der Waals surface area (Å²) in [7, 11) is 0. The Kier molecular flexibility index (Phi) is 2.57. The second-order valence-corrected chi connectivity index (χ2v) is 3.67. The molecular formula is C12H8N4O3. The van der Waals surface area contributed by atoms with Gasteiger partial charge in [0.2, 0.25) is 11.6 Å². The summed E-state index contributed by atoms with van der Waals surface area (Å²) in [6.07, 6.45) is 3.10. The molecule has 0 aliphatic heterocycles. The summed E-state index contributed by atoms with van der Waals surface area (Å²) in [5, 5.41) is 23.1. The Morgan fingerprint density at radius 3 is 2.26 bits per heavy atom. The highest BCUT2D eigenvalue weighted by atomic mass is 16.5. The van der Waals surface area contributed by atoms with Crippen molar-refractivity contribution in [2.75, 3.05) is 0 Å². The molecule has 2 heterocycles. The van der Waals surface area contributed by atoms with Crippen LogP contribution in [0.15, 0.2) is 41.2 Å². The summed E-state index contributed by atoms with van der Waals surface area (Å²) in [5.41, 5.74) is 0.0807. The van der Waals surface area contributed by atoms with E-state index in [4.69, 9.17) is 4.52 Å². The van der Waals surface area contributed by atoms with Gasteiger partial charge in [0, 0.05) is 12.4 Å². The molecule has 2 N–H and O–H groups in total. The Bertz CT molecular complexity index is 692. The fourth-order valence-electron chi connectivity index (χ4n) is 1.58. The maximum atomic E-state index is 9.71. The van der Waals surface area contributed by atoms with E-state index in [2.05, 4.69) is 20.1 Å². The molecule has 0 saturated carbocycles. The van der Waals surface area contributed by atoms with Crippen LogP contribution in [-0.2, 0) is 0 Å². The van der Waals surface area contributed by atoms with E-state index in [0.717, 1.165) is 0 Å². The van der Waals surface area contributed by atoms with Crippen molar-refractivity contribution in [2.45, 2.75) is 0 Å². The summed E-state index contributed by atoms with van der Waals surface area (Å²) in [6.45, 7) is 0. The van der Waals surface area contributed by atoms with E-state index in [9.17, 15) is 10.2 Å². The molecule has 0 saturated heterocycles. The van der Waals surface area contributed by atoms with Gasteiger partial charge in [-0.2, -0.15) is 4.98 Å². The molecule has 7 nitrogen and oxygen atoms in total. The number of phenols is 2. The SMILES string of the molecule is Oc1cccc(O)c1-c1nc(-c2ncccn2)no1. The topological polar surface area (TPSA) is 105 Å². The van der Waals surface area contributed by atoms with Crippen molar-refractivity contribution in [2.24, 2.45) is 0 Å². The molecule has 19 heavy (non-hydrogen) atoms. The normalized spacial score (nSPS) is 10.5. The number of aromatic nitrogens is 4. The summed E-state index contributed by atoms with van der Waals surface area (Å²) < 4.78 is 5.01. The van der Waals surface area contributed by atoms with Crippen LogP contribution in [0.2, 0.25) is 0 Å². The molecule has 0 spiro atoms. The lowest BCUT2D eigenvalue weighted by Crippen LogP contribution is -1.88. The average Bonchev–Trinajstić information content (AvgIpc) is 2.89. The summed E-state index contributed by atoms with van der Waals surface area (Å²) in [6, 6.07) is 6.00. The van der Waals surface area contributed by atoms with E-state index in [1.807, 2.05) is 0 Å². The molecule has 0 bridgehead atoms. The van der Waals surface area contributed by atoms with Crippen molar-refractivity contribution < 1.29 is 14.7 Å². The van der Waals surface area contributed by atoms with E-state index in [0.29, 0.717) is 5.82 Å². The third-order valence-electron chi connectivity index (χ3n) is 2.43. The molecule has 0 aliphatic rings. The van der Waals surface area contributed by atoms with Crippen LogP contribution in [0.1, 0.15) is 0 Å². The summed E-state index contributed by atoms with van der Waals surface area (Å²) in [4.78, 5) is 12.0. The smallest absolute Gasteiger partial charge is 0.265 e. The number of phenolic OH excluding ortho intramolecular Hbond substituents is 2. The highest BCUT2D eigenvalue weighted by Crippen LogP contribution is 2.36. The molecular weight excluding hydrogens is 248 g/mol. The predicted molar refractivity (Wildman–Crippen MR) is 64.1 cm³/mol. The fourth-order valence-corrected chi connectivity index (χ4v) is 1.58. The molecule has 3 rings (SSSR count). The number of benzene rings is 1. The third-order valence-corrected chi connectivity index (χ3v) is 2.43. The van der Waals surface area contributed by atoms with Gasteiger partial charge in [-0.05, 0) is 18.2 Å². The monoisotopic (exact) mass is 256 g/mol. The van der Waals surface area contributed by atoms with Crippen LogP contribution >= 0.6 is 0 Å². The van der Waals surface area contributed by atoms with Gasteiger partial charge >= 0.3 is 0 Å². The van der Waals surface area contributed by atoms with Gasteiger partial charge in [0.1, 0.15) is 17.1 Å². The van der Waals surface area contributed by atoms with E-state index < -0.39 is 0 Å². The van der Waals surface area contributed by atoms with Gasteiger partial charge in [-0.3, -0.25) is 0 Å². The summed E-state index contributed by atoms with van der Waals surface area (Å²) >= 11 is 0. The van der Waals surface area contributed by atoms with Gasteiger partial charge in [-0.1, -0.05) is 11.2 Å². The Morgan fingerprint density at radius 2 is 1.58 bits per heavy atom. The lowest BCUT2D eigenvalue weighted by Gasteiger charge is -2.00. The lowest BCUT2D eigenvalue weighted by atomic mass is 10.2. The predicted octanol–water partition coefficient (Wildman–Crippen LogP) is 1.60. The van der Waals surface area contributed by atoms with Crippen molar-refractivity contribution in [3.8, 4) is 34.6 Å². The van der Waals surface area contributed by atoms with Gasteiger partial charge in [0.25, 0.3) is 5.89 Å². The minimum atomic E-state index is -0.149. The van der Waals surface area contributed by atoms with Crippen LogP contribution in [0.5, 0.6) is 11.5 Å². The van der Waals surface area contributed by atoms with E-state index in [1.165, 1.54) is 18.2 Å². The molecule has 0 aliphatic carbocycles. The molecule has 0 unspecified atom stereocenters. The fraction of sp³-hybridized carbons (Fsp3) is 0. The molecule has 0 amide bonds. The molecule has 0 atom stereocenters. The van der Waals surface area contributed by atoms with Crippen LogP contribution in [-0.4, -0.2) is 30.3 Å². The van der Waals surface area contributed by atoms with E-state index in [-0.39, 0.29) is 28.8 Å². The van der Waals surface area contributed by atoms with Crippen LogP contribution in [0.3, 0.4) is 0 Å². The zero-order valence-electron chi connectivity index (χ0n) is 9.56. The number of hydrogen-bond acceptors (Lipinski definition) is 7. The van der Waals surface area contributed by atoms with Crippen LogP contribution in [0.25, 0.3) is 23.1 Å². The summed E-state index contributed by atoms with van der Waals surface area (Å²) in [5.74, 6) is 0.178. The zero-order chi connectivity index (χ0) is 13.2. The van der Waals surface area contributed by atoms with Crippen LogP contribution in [0, 0.1) is 0 Å². The molecule has 0 fully saturated rings. The van der Waals surface area contributed by atoms with Crippen molar-refractivity contribution in [3.63, 3.8) is 0 Å². The maximum absolute atomic E-state index is 9.71. The number of nitrogens with zero attached hydrogens (tertiary/aromatic N) is 4. The molecule has 7 heteroatoms. The Balaban J connectivity index is 2.07. The third kappa shape index (κ3) is 1.97. The van der Waals surface area contributed by atoms with Crippen LogP contribution < -0.4 is 0 Å². The largest absolute Gasteiger partial charge is 0.507 e. The Labute approximate surface area is 107 Å². The van der Waals surface area contributed by atoms with Crippen molar-refractivity contribution in [3.05, 3.63) is 36.7 Å². The second-order valence-electron chi connectivity index (χ2n) is 3.67. The number of rotatable bonds is 2. The zero-order valence-corrected chi connectivity index (χ0v) is 9.56. The number of hydrogen-bond donors (Lipinski definition) is 2. The number of aromatic hydroxyl groups is 2. The Hall–Kier alpha value is -2.96. The van der Waals surface area contributed by atoms with Crippen molar-refractivity contribution in [1.82, 2.24) is 20.1 Å². The molecule has 0 radical (unpaired) electrons. The highest BCUT2D eigenvalue weighted by Gasteiger charge is 2.18. The van der Waals surface area contributed by atoms with E-state index >= 15 is 0 Å². The van der Waals surface area contributed by atoms with Crippen molar-refractivity contribution >= 4 is 0 Å². The van der Waals surface area contributed by atoms with Crippen LogP contribution in [0.4, 0.5) is 0 Å². The average molecular weight is 256 g/mol. The maximum Gasteiger partial charge on any atom is 0.265 e. The minimum Gasteiger partial charge on any atom is -0.507 e.